The van der Waals surface area contributed by atoms with Gasteiger partial charge in [-0.3, -0.25) is 4.79 Å². The molecule has 4 heteroatoms. The van der Waals surface area contributed by atoms with E-state index in [0.717, 1.165) is 44.6 Å². The summed E-state index contributed by atoms with van der Waals surface area (Å²) < 4.78 is 0. The smallest absolute Gasteiger partial charge is 0.174 e. The average Bonchev–Trinajstić information content (AvgIpc) is 2.78. The lowest BCUT2D eigenvalue weighted by molar-refractivity contribution is 0.0976. The molecule has 0 fully saturated rings. The van der Waals surface area contributed by atoms with Crippen molar-refractivity contribution in [2.24, 2.45) is 0 Å². The van der Waals surface area contributed by atoms with Crippen LogP contribution in [-0.4, -0.2) is 10.8 Å². The molecule has 0 saturated heterocycles. The first kappa shape index (κ1) is 11.9. The third kappa shape index (κ3) is 1.98. The van der Waals surface area contributed by atoms with Crippen LogP contribution in [0.2, 0.25) is 5.02 Å². The zero-order valence-corrected chi connectivity index (χ0v) is 11.6. The van der Waals surface area contributed by atoms with Crippen molar-refractivity contribution in [3.8, 4) is 10.6 Å². The van der Waals surface area contributed by atoms with E-state index in [2.05, 4.69) is 4.98 Å². The largest absolute Gasteiger partial charge is 0.293 e. The molecule has 3 rings (SSSR count). The zero-order chi connectivity index (χ0) is 12.7. The van der Waals surface area contributed by atoms with Crippen LogP contribution in [0, 0.1) is 6.92 Å². The topological polar surface area (TPSA) is 30.0 Å². The van der Waals surface area contributed by atoms with Gasteiger partial charge < -0.3 is 0 Å². The van der Waals surface area contributed by atoms with E-state index in [1.807, 2.05) is 25.1 Å². The van der Waals surface area contributed by atoms with Crippen LogP contribution in [-0.2, 0) is 6.42 Å². The number of ketones is 1. The maximum atomic E-state index is 11.8. The molecule has 1 aliphatic carbocycles. The summed E-state index contributed by atoms with van der Waals surface area (Å²) in [4.78, 5) is 17.2. The van der Waals surface area contributed by atoms with Gasteiger partial charge in [-0.2, -0.15) is 0 Å². The number of rotatable bonds is 1. The summed E-state index contributed by atoms with van der Waals surface area (Å²) in [7, 11) is 0. The maximum absolute atomic E-state index is 11.8. The minimum Gasteiger partial charge on any atom is -0.293 e. The van der Waals surface area contributed by atoms with Crippen molar-refractivity contribution >= 4 is 28.7 Å². The second-order valence-electron chi connectivity index (χ2n) is 4.54. The first-order valence-electron chi connectivity index (χ1n) is 5.94. The van der Waals surface area contributed by atoms with Gasteiger partial charge in [-0.05, 0) is 31.4 Å². The van der Waals surface area contributed by atoms with Gasteiger partial charge in [0.1, 0.15) is 5.01 Å². The van der Waals surface area contributed by atoms with Gasteiger partial charge >= 0.3 is 0 Å². The van der Waals surface area contributed by atoms with E-state index in [4.69, 9.17) is 11.6 Å². The van der Waals surface area contributed by atoms with Gasteiger partial charge in [0.15, 0.2) is 5.78 Å². The standard InChI is InChI=1S/C14H12ClNOS/c1-8-5-6-9(7-10(8)15)14-16-11-3-2-4-12(17)13(11)18-14/h5-7H,2-4H2,1H3. The van der Waals surface area contributed by atoms with Gasteiger partial charge in [-0.25, -0.2) is 4.98 Å². The summed E-state index contributed by atoms with van der Waals surface area (Å²) in [6.45, 7) is 1.97. The fourth-order valence-corrected chi connectivity index (χ4v) is 3.37. The van der Waals surface area contributed by atoms with Crippen molar-refractivity contribution in [3.05, 3.63) is 39.4 Å². The highest BCUT2D eigenvalue weighted by molar-refractivity contribution is 7.17. The number of fused-ring (bicyclic) bond motifs is 1. The van der Waals surface area contributed by atoms with Crippen LogP contribution in [0.15, 0.2) is 18.2 Å². The van der Waals surface area contributed by atoms with E-state index in [0.29, 0.717) is 6.42 Å². The Labute approximate surface area is 115 Å². The molecule has 0 amide bonds. The summed E-state index contributed by atoms with van der Waals surface area (Å²) in [6.07, 6.45) is 2.49. The predicted octanol–water partition coefficient (Wildman–Crippen LogP) is 4.29. The maximum Gasteiger partial charge on any atom is 0.174 e. The van der Waals surface area contributed by atoms with Crippen molar-refractivity contribution in [3.63, 3.8) is 0 Å². The third-order valence-corrected chi connectivity index (χ3v) is 4.78. The van der Waals surface area contributed by atoms with Gasteiger partial charge in [0, 0.05) is 17.0 Å². The first-order chi connectivity index (χ1) is 8.65. The molecule has 1 aromatic carbocycles. The van der Waals surface area contributed by atoms with Gasteiger partial charge in [-0.15, -0.1) is 11.3 Å². The Hall–Kier alpha value is -1.19. The molecule has 0 radical (unpaired) electrons. The zero-order valence-electron chi connectivity index (χ0n) is 10.00. The van der Waals surface area contributed by atoms with E-state index < -0.39 is 0 Å². The predicted molar refractivity (Wildman–Crippen MR) is 74.6 cm³/mol. The van der Waals surface area contributed by atoms with E-state index in [-0.39, 0.29) is 5.78 Å². The minimum atomic E-state index is 0.234. The summed E-state index contributed by atoms with van der Waals surface area (Å²) in [6, 6.07) is 5.92. The summed E-state index contributed by atoms with van der Waals surface area (Å²) in [5, 5.41) is 1.64. The number of carbonyl (C=O) groups is 1. The Morgan fingerprint density at radius 3 is 2.89 bits per heavy atom. The number of halogens is 1. The van der Waals surface area contributed by atoms with Crippen molar-refractivity contribution in [2.75, 3.05) is 0 Å². The molecule has 18 heavy (non-hydrogen) atoms. The molecule has 0 spiro atoms. The van der Waals surface area contributed by atoms with Crippen molar-refractivity contribution < 1.29 is 4.79 Å². The molecule has 0 saturated carbocycles. The number of hydrogen-bond donors (Lipinski definition) is 0. The van der Waals surface area contributed by atoms with Crippen LogP contribution in [0.3, 0.4) is 0 Å². The molecule has 2 nitrogen and oxygen atoms in total. The SMILES string of the molecule is Cc1ccc(-c2nc3c(s2)C(=O)CCC3)cc1Cl. The van der Waals surface area contributed by atoms with E-state index in [9.17, 15) is 4.79 Å². The van der Waals surface area contributed by atoms with Gasteiger partial charge in [-0.1, -0.05) is 23.7 Å². The van der Waals surface area contributed by atoms with Crippen molar-refractivity contribution in [1.29, 1.82) is 0 Å². The summed E-state index contributed by atoms with van der Waals surface area (Å²) in [5.41, 5.74) is 3.01. The molecule has 1 aromatic heterocycles. The average molecular weight is 278 g/mol. The number of carbonyl (C=O) groups excluding carboxylic acids is 1. The highest BCUT2D eigenvalue weighted by Gasteiger charge is 2.22. The van der Waals surface area contributed by atoms with Gasteiger partial charge in [0.05, 0.1) is 10.6 Å². The molecule has 1 heterocycles. The monoisotopic (exact) mass is 277 g/mol. The molecule has 1 aliphatic rings. The molecule has 92 valence electrons. The first-order valence-corrected chi connectivity index (χ1v) is 7.14. The Morgan fingerprint density at radius 2 is 2.17 bits per heavy atom. The lowest BCUT2D eigenvalue weighted by Crippen LogP contribution is -2.07. The van der Waals surface area contributed by atoms with E-state index >= 15 is 0 Å². The number of nitrogens with zero attached hydrogens (tertiary/aromatic N) is 1. The number of thiazole rings is 1. The van der Waals surface area contributed by atoms with Crippen LogP contribution >= 0.6 is 22.9 Å². The highest BCUT2D eigenvalue weighted by Crippen LogP contribution is 2.34. The highest BCUT2D eigenvalue weighted by atomic mass is 35.5. The normalized spacial score (nSPS) is 14.7. The number of aryl methyl sites for hydroxylation is 2. The Balaban J connectivity index is 2.07. The number of benzene rings is 1. The van der Waals surface area contributed by atoms with Crippen molar-refractivity contribution in [1.82, 2.24) is 4.98 Å². The molecule has 0 atom stereocenters. The van der Waals surface area contributed by atoms with Crippen molar-refractivity contribution in [2.45, 2.75) is 26.2 Å². The lowest BCUT2D eigenvalue weighted by atomic mass is 10.0. The minimum absolute atomic E-state index is 0.234. The fourth-order valence-electron chi connectivity index (χ4n) is 2.12. The Kier molecular flexibility index (Phi) is 2.96. The van der Waals surface area contributed by atoms with Crippen LogP contribution in [0.5, 0.6) is 0 Å². The van der Waals surface area contributed by atoms with Crippen LogP contribution in [0.25, 0.3) is 10.6 Å². The second kappa shape index (κ2) is 4.48. The van der Waals surface area contributed by atoms with Crippen LogP contribution < -0.4 is 0 Å². The number of hydrogen-bond acceptors (Lipinski definition) is 3. The molecule has 0 aliphatic heterocycles. The van der Waals surface area contributed by atoms with Gasteiger partial charge in [0.2, 0.25) is 0 Å². The quantitative estimate of drug-likeness (QED) is 0.778. The Bertz CT molecular complexity index is 633. The second-order valence-corrected chi connectivity index (χ2v) is 5.94. The van der Waals surface area contributed by atoms with Crippen LogP contribution in [0.4, 0.5) is 0 Å². The molecule has 0 N–H and O–H groups in total. The third-order valence-electron chi connectivity index (χ3n) is 3.19. The molecule has 2 aromatic rings. The van der Waals surface area contributed by atoms with E-state index in [1.165, 1.54) is 11.3 Å². The summed E-state index contributed by atoms with van der Waals surface area (Å²) >= 11 is 7.62. The molecule has 0 bridgehead atoms. The van der Waals surface area contributed by atoms with E-state index in [1.54, 1.807) is 0 Å². The Morgan fingerprint density at radius 1 is 1.33 bits per heavy atom. The number of Topliss-reactive ketones (excluding diaryl/α,β-unsaturated/α-hetero) is 1. The molecular formula is C14H12ClNOS. The summed E-state index contributed by atoms with van der Waals surface area (Å²) in [5.74, 6) is 0.234. The number of aromatic nitrogens is 1. The molecular weight excluding hydrogens is 266 g/mol. The van der Waals surface area contributed by atoms with Crippen LogP contribution in [0.1, 0.15) is 33.8 Å². The van der Waals surface area contributed by atoms with Gasteiger partial charge in [0.25, 0.3) is 0 Å². The fraction of sp³-hybridized carbons (Fsp3) is 0.286. The lowest BCUT2D eigenvalue weighted by Gasteiger charge is -2.06. The molecule has 0 unspecified atom stereocenters.